The average Bonchev–Trinajstić information content (AvgIpc) is 3.58. The van der Waals surface area contributed by atoms with E-state index in [-0.39, 0.29) is 17.8 Å². The van der Waals surface area contributed by atoms with Gasteiger partial charge in [-0.15, -0.1) is 0 Å². The van der Waals surface area contributed by atoms with Gasteiger partial charge in [0.15, 0.2) is 6.04 Å². The molecule has 11 heteroatoms. The molecule has 2 aliphatic carbocycles. The lowest BCUT2D eigenvalue weighted by atomic mass is 9.83. The van der Waals surface area contributed by atoms with Gasteiger partial charge in [-0.1, -0.05) is 44.7 Å². The Hall–Kier alpha value is -3.57. The summed E-state index contributed by atoms with van der Waals surface area (Å²) in [5, 5.41) is 4.96. The number of hydrogen-bond acceptors (Lipinski definition) is 7. The molecule has 3 N–H and O–H groups in total. The number of nitrogens with one attached hydrogen (secondary N) is 1. The standard InChI is InChI=1S/C27H30F2N2O3S.C14H27NO2/c1-3-33-21-13-10-20(11-14-21)27(28,29)25(26(30)32)31(2)35-24-15-9-18-16-23(12-8-19(18)17-24)34-22-6-4-5-7-22;1-5-7-11-8-6-9-12(10-11)15-13(16)17-14(2,3)4/h8-17,22,25H,3-7H2,1-2H3,(H2,30,32);11-12H,5-10H2,1-4H3,(H,15,16). The van der Waals surface area contributed by atoms with E-state index in [0.29, 0.717) is 18.4 Å². The SMILES string of the molecule is CCCC1CCCC(NC(=O)OC(C)(C)C)C1.CCOc1ccc(C(F)(F)C(C(N)=O)N(C)Sc2ccc3cc(OC4CCCC4)ccc3c2)cc1. The lowest BCUT2D eigenvalue weighted by molar-refractivity contribution is -0.136. The Labute approximate surface area is 312 Å². The van der Waals surface area contributed by atoms with Gasteiger partial charge in [-0.2, -0.15) is 8.78 Å². The molecule has 286 valence electrons. The summed E-state index contributed by atoms with van der Waals surface area (Å²) in [4.78, 5) is 24.5. The number of nitrogens with two attached hydrogens (primary N) is 1. The van der Waals surface area contributed by atoms with Crippen LogP contribution in [0.4, 0.5) is 13.6 Å². The number of nitrogens with zero attached hydrogens (tertiary/aromatic N) is 1. The molecule has 0 aliphatic heterocycles. The molecule has 3 aromatic rings. The van der Waals surface area contributed by atoms with Crippen LogP contribution in [-0.4, -0.2) is 53.7 Å². The highest BCUT2D eigenvalue weighted by molar-refractivity contribution is 7.97. The molecule has 3 aromatic carbocycles. The van der Waals surface area contributed by atoms with E-state index in [9.17, 15) is 9.59 Å². The van der Waals surface area contributed by atoms with Crippen molar-refractivity contribution in [3.63, 3.8) is 0 Å². The van der Waals surface area contributed by atoms with E-state index >= 15 is 8.78 Å². The van der Waals surface area contributed by atoms with Gasteiger partial charge in [0.25, 0.3) is 5.92 Å². The van der Waals surface area contributed by atoms with Gasteiger partial charge in [0.2, 0.25) is 5.91 Å². The molecule has 0 bridgehead atoms. The Morgan fingerprint density at radius 3 is 2.21 bits per heavy atom. The molecule has 3 unspecified atom stereocenters. The zero-order valence-electron chi connectivity index (χ0n) is 31.6. The fraction of sp³-hybridized carbons (Fsp3) is 0.561. The van der Waals surface area contributed by atoms with E-state index in [2.05, 4.69) is 12.2 Å². The van der Waals surface area contributed by atoms with Crippen molar-refractivity contribution in [3.05, 3.63) is 66.2 Å². The fourth-order valence-corrected chi connectivity index (χ4v) is 7.98. The third kappa shape index (κ3) is 12.3. The molecular weight excluding hydrogens is 685 g/mol. The molecule has 8 nitrogen and oxygen atoms in total. The van der Waals surface area contributed by atoms with Gasteiger partial charge in [0, 0.05) is 16.5 Å². The van der Waals surface area contributed by atoms with Crippen molar-refractivity contribution in [1.29, 1.82) is 0 Å². The van der Waals surface area contributed by atoms with Gasteiger partial charge in [0.1, 0.15) is 17.1 Å². The maximum Gasteiger partial charge on any atom is 0.407 e. The molecule has 2 aliphatic rings. The lowest BCUT2D eigenvalue weighted by Gasteiger charge is -2.31. The molecular formula is C41H57F2N3O5S. The van der Waals surface area contributed by atoms with E-state index in [1.54, 1.807) is 0 Å². The number of halogens is 2. The zero-order chi connectivity index (χ0) is 37.9. The molecule has 5 rings (SSSR count). The van der Waals surface area contributed by atoms with E-state index in [1.807, 2.05) is 64.1 Å². The van der Waals surface area contributed by atoms with Crippen LogP contribution in [0.3, 0.4) is 0 Å². The first kappa shape index (κ1) is 41.2. The minimum atomic E-state index is -3.50. The molecule has 0 heterocycles. The maximum absolute atomic E-state index is 15.4. The topological polar surface area (TPSA) is 103 Å². The largest absolute Gasteiger partial charge is 0.494 e. The van der Waals surface area contributed by atoms with Crippen LogP contribution in [0.2, 0.25) is 0 Å². The number of alkyl halides is 2. The number of alkyl carbamates (subject to hydrolysis) is 1. The van der Waals surface area contributed by atoms with Crippen LogP contribution in [-0.2, 0) is 15.5 Å². The summed E-state index contributed by atoms with van der Waals surface area (Å²) in [7, 11) is 1.45. The van der Waals surface area contributed by atoms with Gasteiger partial charge < -0.3 is 25.3 Å². The first-order valence-corrected chi connectivity index (χ1v) is 19.5. The smallest absolute Gasteiger partial charge is 0.407 e. The lowest BCUT2D eigenvalue weighted by Crippen LogP contribution is -2.50. The summed E-state index contributed by atoms with van der Waals surface area (Å²) < 4.78 is 48.7. The van der Waals surface area contributed by atoms with Gasteiger partial charge in [-0.25, -0.2) is 9.10 Å². The molecule has 2 amide bonds. The van der Waals surface area contributed by atoms with Crippen LogP contribution in [0, 0.1) is 5.92 Å². The highest BCUT2D eigenvalue weighted by atomic mass is 32.2. The molecule has 2 saturated carbocycles. The fourth-order valence-electron chi connectivity index (χ4n) is 7.00. The predicted octanol–water partition coefficient (Wildman–Crippen LogP) is 10.0. The van der Waals surface area contributed by atoms with Crippen molar-refractivity contribution in [3.8, 4) is 11.5 Å². The number of likely N-dealkylation sites (N-methyl/N-ethyl adjacent to an activating group) is 1. The number of rotatable bonds is 13. The molecule has 0 radical (unpaired) electrons. The van der Waals surface area contributed by atoms with Gasteiger partial charge >= 0.3 is 6.09 Å². The molecule has 0 spiro atoms. The predicted molar refractivity (Wildman–Crippen MR) is 205 cm³/mol. The van der Waals surface area contributed by atoms with Crippen LogP contribution in [0.15, 0.2) is 65.6 Å². The number of amides is 2. The number of carbonyl (C=O) groups is 2. The molecule has 52 heavy (non-hydrogen) atoms. The van der Waals surface area contributed by atoms with Crippen LogP contribution >= 0.6 is 11.9 Å². The molecule has 0 saturated heterocycles. The highest BCUT2D eigenvalue weighted by Crippen LogP contribution is 2.39. The van der Waals surface area contributed by atoms with E-state index in [4.69, 9.17) is 19.9 Å². The first-order valence-electron chi connectivity index (χ1n) is 18.7. The van der Waals surface area contributed by atoms with Crippen molar-refractivity contribution >= 4 is 34.7 Å². The van der Waals surface area contributed by atoms with Gasteiger partial charge in [-0.3, -0.25) is 4.79 Å². The number of carbonyl (C=O) groups excluding carboxylic acids is 2. The van der Waals surface area contributed by atoms with Gasteiger partial charge in [0.05, 0.1) is 12.7 Å². The Bertz CT molecular complexity index is 1590. The normalized spacial score (nSPS) is 18.7. The van der Waals surface area contributed by atoms with Gasteiger partial charge in [-0.05, 0) is 150 Å². The van der Waals surface area contributed by atoms with Crippen LogP contribution in [0.25, 0.3) is 10.8 Å². The van der Waals surface area contributed by atoms with E-state index in [0.717, 1.165) is 65.0 Å². The van der Waals surface area contributed by atoms with Crippen molar-refractivity contribution in [2.24, 2.45) is 11.7 Å². The molecule has 3 atom stereocenters. The first-order chi connectivity index (χ1) is 24.7. The molecule has 2 fully saturated rings. The third-order valence-electron chi connectivity index (χ3n) is 9.36. The summed E-state index contributed by atoms with van der Waals surface area (Å²) in [6.45, 7) is 10.2. The highest BCUT2D eigenvalue weighted by Gasteiger charge is 2.48. The third-order valence-corrected chi connectivity index (χ3v) is 10.3. The number of fused-ring (bicyclic) bond motifs is 1. The summed E-state index contributed by atoms with van der Waals surface area (Å²) in [5.41, 5.74) is 4.75. The second-order valence-corrected chi connectivity index (χ2v) is 16.1. The Kier molecular flexibility index (Phi) is 15.0. The number of ether oxygens (including phenoxy) is 3. The number of hydrogen-bond donors (Lipinski definition) is 2. The van der Waals surface area contributed by atoms with Crippen molar-refractivity contribution in [2.45, 2.75) is 133 Å². The Balaban J connectivity index is 0.000000299. The van der Waals surface area contributed by atoms with Crippen LogP contribution in [0.5, 0.6) is 11.5 Å². The quantitative estimate of drug-likeness (QED) is 0.168. The number of benzene rings is 3. The molecule has 0 aromatic heterocycles. The summed E-state index contributed by atoms with van der Waals surface area (Å²) in [6, 6.07) is 15.5. The summed E-state index contributed by atoms with van der Waals surface area (Å²) in [5.74, 6) is -2.49. The monoisotopic (exact) mass is 741 g/mol. The maximum atomic E-state index is 15.4. The average molecular weight is 742 g/mol. The Morgan fingerprint density at radius 2 is 1.58 bits per heavy atom. The minimum Gasteiger partial charge on any atom is -0.494 e. The number of primary amides is 1. The van der Waals surface area contributed by atoms with Crippen LogP contribution in [0.1, 0.15) is 104 Å². The van der Waals surface area contributed by atoms with Crippen molar-refractivity contribution in [1.82, 2.24) is 9.62 Å². The van der Waals surface area contributed by atoms with Crippen LogP contribution < -0.4 is 20.5 Å². The summed E-state index contributed by atoms with van der Waals surface area (Å²) in [6.07, 6.45) is 11.9. The van der Waals surface area contributed by atoms with E-state index < -0.39 is 23.5 Å². The van der Waals surface area contributed by atoms with Crippen molar-refractivity contribution in [2.75, 3.05) is 13.7 Å². The van der Waals surface area contributed by atoms with E-state index in [1.165, 1.54) is 74.1 Å². The Morgan fingerprint density at radius 1 is 0.923 bits per heavy atom. The summed E-state index contributed by atoms with van der Waals surface area (Å²) >= 11 is 1.05. The van der Waals surface area contributed by atoms with Crippen molar-refractivity contribution < 1.29 is 32.6 Å². The second kappa shape index (κ2) is 19.0. The zero-order valence-corrected chi connectivity index (χ0v) is 32.4. The minimum absolute atomic E-state index is 0.264. The second-order valence-electron chi connectivity index (χ2n) is 14.9.